The predicted molar refractivity (Wildman–Crippen MR) is 141 cm³/mol. The minimum absolute atomic E-state index is 0.0411. The van der Waals surface area contributed by atoms with E-state index in [1.165, 1.54) is 34.2 Å². The van der Waals surface area contributed by atoms with Gasteiger partial charge in [-0.1, -0.05) is 29.5 Å². The van der Waals surface area contributed by atoms with Gasteiger partial charge in [-0.2, -0.15) is 0 Å². The van der Waals surface area contributed by atoms with Gasteiger partial charge in [0.15, 0.2) is 10.9 Å². The van der Waals surface area contributed by atoms with Crippen LogP contribution in [0.25, 0.3) is 15.9 Å². The molecule has 7 heteroatoms. The number of fused-ring (bicyclic) bond motifs is 3. The van der Waals surface area contributed by atoms with Crippen LogP contribution in [-0.2, 0) is 19.4 Å². The molecule has 0 saturated carbocycles. The van der Waals surface area contributed by atoms with E-state index in [0.717, 1.165) is 52.1 Å². The van der Waals surface area contributed by atoms with Crippen LogP contribution in [0.4, 0.5) is 0 Å². The monoisotopic (exact) mass is 491 g/mol. The Morgan fingerprint density at radius 2 is 1.85 bits per heavy atom. The molecule has 0 fully saturated rings. The number of Topliss-reactive ketones (excluding diaryl/α,β-unsaturated/α-hetero) is 1. The second kappa shape index (κ2) is 9.19. The largest absolute Gasteiger partial charge is 0.318 e. The Hall–Kier alpha value is -2.64. The fourth-order valence-corrected chi connectivity index (χ4v) is 7.20. The van der Waals surface area contributed by atoms with Crippen LogP contribution in [0.15, 0.2) is 40.3 Å². The third-order valence-electron chi connectivity index (χ3n) is 6.71. The zero-order chi connectivity index (χ0) is 24.0. The summed E-state index contributed by atoms with van der Waals surface area (Å²) in [5, 5.41) is 1.44. The molecule has 1 aliphatic carbocycles. The minimum atomic E-state index is 0.0411. The Morgan fingerprint density at radius 3 is 2.59 bits per heavy atom. The summed E-state index contributed by atoms with van der Waals surface area (Å²) in [6.07, 6.45) is 4.33. The molecule has 5 nitrogen and oxygen atoms in total. The Kier molecular flexibility index (Phi) is 6.25. The third kappa shape index (κ3) is 3.95. The zero-order valence-electron chi connectivity index (χ0n) is 20.1. The standard InChI is InChI=1S/C27H29N3O2S2/c1-5-29-26(32)24-20-8-6-7-9-23(20)34-25(24)28-27(29)33-15-22(31)21-14-17(3)30(18(21)4)19-12-10-16(2)11-13-19/h10-14H,5-9,15H2,1-4H3. The van der Waals surface area contributed by atoms with Gasteiger partial charge in [-0.25, -0.2) is 4.98 Å². The molecule has 0 unspecified atom stereocenters. The van der Waals surface area contributed by atoms with Gasteiger partial charge in [-0.15, -0.1) is 11.3 Å². The first kappa shape index (κ1) is 23.1. The lowest BCUT2D eigenvalue weighted by Crippen LogP contribution is -2.23. The van der Waals surface area contributed by atoms with Gasteiger partial charge < -0.3 is 4.57 Å². The molecule has 0 saturated heterocycles. The van der Waals surface area contributed by atoms with E-state index in [1.54, 1.807) is 15.9 Å². The summed E-state index contributed by atoms with van der Waals surface area (Å²) in [5.74, 6) is 0.306. The number of carbonyl (C=O) groups excluding carboxylic acids is 1. The van der Waals surface area contributed by atoms with Crippen LogP contribution in [0.2, 0.25) is 0 Å². The highest BCUT2D eigenvalue weighted by molar-refractivity contribution is 7.99. The summed E-state index contributed by atoms with van der Waals surface area (Å²) in [7, 11) is 0. The Labute approximate surface area is 207 Å². The number of aryl methyl sites for hydroxylation is 4. The van der Waals surface area contributed by atoms with Crippen LogP contribution in [0.1, 0.15) is 57.5 Å². The van der Waals surface area contributed by atoms with Gasteiger partial charge in [0.2, 0.25) is 0 Å². The van der Waals surface area contributed by atoms with E-state index < -0.39 is 0 Å². The molecule has 4 aromatic rings. The summed E-state index contributed by atoms with van der Waals surface area (Å²) in [5.41, 5.74) is 6.21. The van der Waals surface area contributed by atoms with Crippen molar-refractivity contribution in [3.05, 3.63) is 73.6 Å². The van der Waals surface area contributed by atoms with Gasteiger partial charge in [-0.05, 0) is 77.1 Å². The molecular weight excluding hydrogens is 462 g/mol. The van der Waals surface area contributed by atoms with Gasteiger partial charge in [0.05, 0.1) is 11.1 Å². The van der Waals surface area contributed by atoms with Crippen molar-refractivity contribution >= 4 is 39.1 Å². The zero-order valence-corrected chi connectivity index (χ0v) is 21.7. The Morgan fingerprint density at radius 1 is 1.12 bits per heavy atom. The number of carbonyl (C=O) groups is 1. The number of thioether (sulfide) groups is 1. The summed E-state index contributed by atoms with van der Waals surface area (Å²) in [6.45, 7) is 8.60. The van der Waals surface area contributed by atoms with Crippen molar-refractivity contribution in [2.75, 3.05) is 5.75 Å². The first-order chi connectivity index (χ1) is 16.4. The van der Waals surface area contributed by atoms with Crippen LogP contribution >= 0.6 is 23.1 Å². The second-order valence-electron chi connectivity index (χ2n) is 9.00. The first-order valence-electron chi connectivity index (χ1n) is 11.9. The Bertz CT molecular complexity index is 1460. The number of nitrogens with zero attached hydrogens (tertiary/aromatic N) is 3. The highest BCUT2D eigenvalue weighted by atomic mass is 32.2. The van der Waals surface area contributed by atoms with Crippen molar-refractivity contribution < 1.29 is 4.79 Å². The van der Waals surface area contributed by atoms with Crippen LogP contribution < -0.4 is 5.56 Å². The minimum Gasteiger partial charge on any atom is -0.318 e. The molecule has 0 bridgehead atoms. The predicted octanol–water partition coefficient (Wildman–Crippen LogP) is 6.05. The molecular formula is C27H29N3O2S2. The number of thiophene rings is 1. The van der Waals surface area contributed by atoms with Crippen molar-refractivity contribution in [2.24, 2.45) is 0 Å². The molecule has 0 radical (unpaired) electrons. The molecule has 5 rings (SSSR count). The maximum atomic E-state index is 13.3. The number of hydrogen-bond donors (Lipinski definition) is 0. The highest BCUT2D eigenvalue weighted by Gasteiger charge is 2.23. The molecule has 176 valence electrons. The average molecular weight is 492 g/mol. The summed E-state index contributed by atoms with van der Waals surface area (Å²) < 4.78 is 3.86. The number of ketones is 1. The molecule has 0 aliphatic heterocycles. The van der Waals surface area contributed by atoms with Crippen molar-refractivity contribution in [1.29, 1.82) is 0 Å². The van der Waals surface area contributed by atoms with E-state index >= 15 is 0 Å². The number of rotatable bonds is 6. The molecule has 1 aliphatic rings. The van der Waals surface area contributed by atoms with Crippen LogP contribution in [0, 0.1) is 20.8 Å². The fraction of sp³-hybridized carbons (Fsp3) is 0.370. The first-order valence-corrected chi connectivity index (χ1v) is 13.7. The molecule has 0 N–H and O–H groups in total. The van der Waals surface area contributed by atoms with Crippen LogP contribution in [0.5, 0.6) is 0 Å². The van der Waals surface area contributed by atoms with Crippen LogP contribution in [0.3, 0.4) is 0 Å². The highest BCUT2D eigenvalue weighted by Crippen LogP contribution is 2.35. The van der Waals surface area contributed by atoms with Gasteiger partial charge in [0, 0.05) is 34.1 Å². The van der Waals surface area contributed by atoms with E-state index in [4.69, 9.17) is 4.98 Å². The quantitative estimate of drug-likeness (QED) is 0.187. The van der Waals surface area contributed by atoms with E-state index in [1.807, 2.05) is 26.8 Å². The normalized spacial score (nSPS) is 13.4. The number of benzene rings is 1. The fourth-order valence-electron chi connectivity index (χ4n) is 4.95. The summed E-state index contributed by atoms with van der Waals surface area (Å²) in [4.78, 5) is 33.6. The third-order valence-corrected chi connectivity index (χ3v) is 8.87. The summed E-state index contributed by atoms with van der Waals surface area (Å²) in [6, 6.07) is 10.3. The van der Waals surface area contributed by atoms with Crippen LogP contribution in [-0.4, -0.2) is 25.7 Å². The van der Waals surface area contributed by atoms with Crippen molar-refractivity contribution in [3.8, 4) is 5.69 Å². The maximum absolute atomic E-state index is 13.3. The van der Waals surface area contributed by atoms with Crippen molar-refractivity contribution in [3.63, 3.8) is 0 Å². The SMILES string of the molecule is CCn1c(SCC(=O)c2cc(C)n(-c3ccc(C)cc3)c2C)nc2sc3c(c2c1=O)CCCC3. The molecule has 3 heterocycles. The van der Waals surface area contributed by atoms with Crippen molar-refractivity contribution in [2.45, 2.75) is 65.1 Å². The number of hydrogen-bond acceptors (Lipinski definition) is 5. The lowest BCUT2D eigenvalue weighted by atomic mass is 9.97. The molecule has 1 aromatic carbocycles. The van der Waals surface area contributed by atoms with Gasteiger partial charge in [0.25, 0.3) is 5.56 Å². The van der Waals surface area contributed by atoms with Gasteiger partial charge in [0.1, 0.15) is 4.83 Å². The molecule has 0 amide bonds. The number of aromatic nitrogens is 3. The smallest absolute Gasteiger partial charge is 0.263 e. The van der Waals surface area contributed by atoms with E-state index in [0.29, 0.717) is 11.7 Å². The van der Waals surface area contributed by atoms with Crippen molar-refractivity contribution in [1.82, 2.24) is 14.1 Å². The molecule has 3 aromatic heterocycles. The van der Waals surface area contributed by atoms with Gasteiger partial charge in [-0.3, -0.25) is 14.2 Å². The lowest BCUT2D eigenvalue weighted by Gasteiger charge is -2.12. The molecule has 0 spiro atoms. The molecule has 0 atom stereocenters. The topological polar surface area (TPSA) is 56.9 Å². The molecule has 34 heavy (non-hydrogen) atoms. The van der Waals surface area contributed by atoms with E-state index in [2.05, 4.69) is 35.8 Å². The average Bonchev–Trinajstić information content (AvgIpc) is 3.35. The summed E-state index contributed by atoms with van der Waals surface area (Å²) >= 11 is 3.03. The van der Waals surface area contributed by atoms with E-state index in [-0.39, 0.29) is 17.1 Å². The Balaban J connectivity index is 1.44. The van der Waals surface area contributed by atoms with E-state index in [9.17, 15) is 9.59 Å². The lowest BCUT2D eigenvalue weighted by molar-refractivity contribution is 0.102. The second-order valence-corrected chi connectivity index (χ2v) is 11.0. The maximum Gasteiger partial charge on any atom is 0.263 e. The van der Waals surface area contributed by atoms with Gasteiger partial charge >= 0.3 is 0 Å².